The second kappa shape index (κ2) is 104. The van der Waals surface area contributed by atoms with Gasteiger partial charge in [0.15, 0.2) is 0 Å². The number of ether oxygens (including phenoxy) is 1. The fourth-order valence-corrected chi connectivity index (χ4v) is 3.83. The second-order valence-electron chi connectivity index (χ2n) is 16.0. The Hall–Kier alpha value is -4.31. The summed E-state index contributed by atoms with van der Waals surface area (Å²) < 4.78 is 4.25. The molecule has 0 N–H and O–H groups in total. The van der Waals surface area contributed by atoms with Crippen LogP contribution < -0.4 is 0 Å². The highest BCUT2D eigenvalue weighted by Crippen LogP contribution is 2.24. The summed E-state index contributed by atoms with van der Waals surface area (Å²) >= 11 is 0. The van der Waals surface area contributed by atoms with Crippen LogP contribution in [0.2, 0.25) is 0 Å². The summed E-state index contributed by atoms with van der Waals surface area (Å²) in [6, 6.07) is 41.0. The molecular weight excluding hydrogens is 935 g/mol. The van der Waals surface area contributed by atoms with Crippen molar-refractivity contribution in [2.24, 2.45) is 5.41 Å². The topological polar surface area (TPSA) is 29.5 Å². The third-order valence-corrected chi connectivity index (χ3v) is 7.14. The number of carbonyl (C=O) groups is 1. The normalized spacial score (nSPS) is 7.40. The summed E-state index contributed by atoms with van der Waals surface area (Å²) in [5, 5.41) is 0. The number of Topliss-reactive ketones (excluding diaryl/α,β-unsaturated/α-hetero) is 1. The molecule has 0 atom stereocenters. The van der Waals surface area contributed by atoms with Gasteiger partial charge in [-0.2, -0.15) is 0 Å². The van der Waals surface area contributed by atoms with E-state index in [9.17, 15) is 4.79 Å². The average Bonchev–Trinajstić information content (AvgIpc) is 3.44. The quantitative estimate of drug-likeness (QED) is 0.155. The number of hydrogen-bond donors (Lipinski definition) is 0. The van der Waals surface area contributed by atoms with E-state index in [0.717, 1.165) is 0 Å². The van der Waals surface area contributed by atoms with Gasteiger partial charge in [0, 0.05) is 14.2 Å². The molecule has 0 saturated heterocycles. The Morgan fingerprint density at radius 2 is 0.377 bits per heavy atom. The van der Waals surface area contributed by atoms with Crippen LogP contribution >= 0.6 is 0 Å². The summed E-state index contributed by atoms with van der Waals surface area (Å²) in [4.78, 5) is 11.4. The Kier molecular flexibility index (Phi) is 152. The standard InChI is InChI=1S/C12H18.4C7H8.C5H12.C3H9N.C3H6O.C2H6O.10C2H6.CH4/c1-7-8(2)10(4)12(6)11(5)9(7)3;4*1-7-5-3-2-4-6-7;1-5(2,3)4;1-4(2)3;1-3(2)4;1-3-2;10*1-2;/h1-6H3;4*2-6H,1H3;1-4H3;1-3H3;1-2H3;1-2H3;10*1-2H3;1H4. The lowest BCUT2D eigenvalue weighted by molar-refractivity contribution is -0.115. The summed E-state index contributed by atoms with van der Waals surface area (Å²) in [7, 11) is 9.25. The molecule has 0 aliphatic heterocycles. The first-order valence-corrected chi connectivity index (χ1v) is 29.5. The molecule has 0 aliphatic rings. The molecule has 0 saturated carbocycles. The molecule has 0 bridgehead atoms. The highest BCUT2D eigenvalue weighted by molar-refractivity contribution is 5.72. The van der Waals surface area contributed by atoms with Crippen molar-refractivity contribution < 1.29 is 9.53 Å². The molecule has 3 heteroatoms. The number of rotatable bonds is 0. The van der Waals surface area contributed by atoms with E-state index in [-0.39, 0.29) is 13.2 Å². The third-order valence-electron chi connectivity index (χ3n) is 7.14. The van der Waals surface area contributed by atoms with Crippen LogP contribution in [-0.4, -0.2) is 46.0 Å². The highest BCUT2D eigenvalue weighted by Gasteiger charge is 2.07. The van der Waals surface area contributed by atoms with Gasteiger partial charge in [0.05, 0.1) is 0 Å². The highest BCUT2D eigenvalue weighted by atomic mass is 16.4. The van der Waals surface area contributed by atoms with Crippen molar-refractivity contribution in [2.75, 3.05) is 35.4 Å². The van der Waals surface area contributed by atoms with E-state index in [0.29, 0.717) is 5.41 Å². The molecule has 77 heavy (non-hydrogen) atoms. The van der Waals surface area contributed by atoms with Gasteiger partial charge in [0.25, 0.3) is 0 Å². The third kappa shape index (κ3) is 130. The molecule has 5 aromatic carbocycles. The molecule has 0 radical (unpaired) electrons. The summed E-state index contributed by atoms with van der Waals surface area (Å²) in [6.45, 7) is 73.4. The maximum absolute atomic E-state index is 9.44. The van der Waals surface area contributed by atoms with Gasteiger partial charge in [-0.25, -0.2) is 0 Å². The molecule has 0 unspecified atom stereocenters. The van der Waals surface area contributed by atoms with Gasteiger partial charge >= 0.3 is 0 Å². The zero-order chi connectivity index (χ0) is 64.3. The van der Waals surface area contributed by atoms with E-state index in [1.807, 2.05) is 237 Å². The van der Waals surface area contributed by atoms with Gasteiger partial charge in [-0.15, -0.1) is 0 Å². The van der Waals surface area contributed by atoms with Gasteiger partial charge in [0.1, 0.15) is 5.78 Å². The fourth-order valence-electron chi connectivity index (χ4n) is 3.83. The van der Waals surface area contributed by atoms with Crippen molar-refractivity contribution in [3.05, 3.63) is 177 Å². The van der Waals surface area contributed by atoms with E-state index in [1.165, 1.54) is 69.5 Å². The molecule has 0 aliphatic carbocycles. The minimum Gasteiger partial charge on any atom is -0.388 e. The van der Waals surface area contributed by atoms with Crippen LogP contribution in [0.3, 0.4) is 0 Å². The monoisotopic (exact) mass is 1080 g/mol. The maximum atomic E-state index is 9.44. The van der Waals surface area contributed by atoms with E-state index < -0.39 is 0 Å². The van der Waals surface area contributed by atoms with Gasteiger partial charge in [-0.1, -0.05) is 317 Å². The Morgan fingerprint density at radius 1 is 0.312 bits per heavy atom. The van der Waals surface area contributed by atoms with Crippen LogP contribution in [0.1, 0.15) is 243 Å². The first kappa shape index (κ1) is 112. The first-order valence-electron chi connectivity index (χ1n) is 29.5. The Labute approximate surface area is 492 Å². The molecule has 3 nitrogen and oxygen atoms in total. The van der Waals surface area contributed by atoms with Crippen LogP contribution in [0.15, 0.2) is 121 Å². The zero-order valence-corrected chi connectivity index (χ0v) is 59.8. The number of methoxy groups -OCH3 is 1. The molecule has 0 amide bonds. The Balaban J connectivity index is -0.0000000421. The van der Waals surface area contributed by atoms with Crippen molar-refractivity contribution in [1.29, 1.82) is 0 Å². The van der Waals surface area contributed by atoms with E-state index in [1.54, 1.807) is 14.2 Å². The maximum Gasteiger partial charge on any atom is 0.126 e. The van der Waals surface area contributed by atoms with Gasteiger partial charge in [-0.3, -0.25) is 0 Å². The first-order chi connectivity index (χ1) is 35.9. The molecule has 460 valence electrons. The molecule has 0 aromatic heterocycles. The summed E-state index contributed by atoms with van der Waals surface area (Å²) in [6.07, 6.45) is 0. The minimum absolute atomic E-state index is 0. The largest absolute Gasteiger partial charge is 0.388 e. The zero-order valence-electron chi connectivity index (χ0n) is 59.8. The minimum atomic E-state index is 0. The number of benzene rings is 5. The van der Waals surface area contributed by atoms with Gasteiger partial charge in [-0.05, 0) is 143 Å². The predicted octanol–water partition coefficient (Wildman–Crippen LogP) is 25.5. The predicted molar refractivity (Wildman–Crippen MR) is 374 cm³/mol. The number of hydrogen-bond acceptors (Lipinski definition) is 3. The van der Waals surface area contributed by atoms with E-state index >= 15 is 0 Å². The van der Waals surface area contributed by atoms with Crippen LogP contribution in [-0.2, 0) is 9.53 Å². The smallest absolute Gasteiger partial charge is 0.126 e. The lowest BCUT2D eigenvalue weighted by Gasteiger charge is -2.15. The van der Waals surface area contributed by atoms with Crippen molar-refractivity contribution >= 4 is 5.78 Å². The average molecular weight is 1080 g/mol. The molecule has 0 fully saturated rings. The number of ketones is 1. The van der Waals surface area contributed by atoms with Crippen LogP contribution in [0.4, 0.5) is 0 Å². The summed E-state index contributed by atoms with van der Waals surface area (Å²) in [5.41, 5.74) is 14.5. The molecule has 5 aromatic rings. The van der Waals surface area contributed by atoms with Crippen molar-refractivity contribution in [1.82, 2.24) is 4.90 Å². The second-order valence-corrected chi connectivity index (χ2v) is 16.0. The van der Waals surface area contributed by atoms with E-state index in [4.69, 9.17) is 0 Å². The van der Waals surface area contributed by atoms with Crippen LogP contribution in [0.25, 0.3) is 0 Å². The lowest BCUT2D eigenvalue weighted by Crippen LogP contribution is -1.99. The summed E-state index contributed by atoms with van der Waals surface area (Å²) in [5.74, 6) is 0.167. The van der Waals surface area contributed by atoms with Gasteiger partial charge in [0.2, 0.25) is 0 Å². The number of nitrogens with zero attached hydrogens (tertiary/aromatic N) is 1. The molecule has 0 spiro atoms. The fraction of sp³-hybridized carbons (Fsp3) is 0.581. The van der Waals surface area contributed by atoms with Crippen LogP contribution in [0.5, 0.6) is 0 Å². The SMILES string of the molecule is C.CC.CC.CC.CC.CC.CC.CC.CC.CC.CC.CC(C)(C)C.CC(C)=O.CN(C)C.COC.Cc1c(C)c(C)c(C)c(C)c1C.Cc1ccccc1.Cc1ccccc1.Cc1ccccc1.Cc1ccccc1. The van der Waals surface area contributed by atoms with Crippen molar-refractivity contribution in [2.45, 2.75) is 257 Å². The van der Waals surface area contributed by atoms with Crippen molar-refractivity contribution in [3.63, 3.8) is 0 Å². The van der Waals surface area contributed by atoms with E-state index in [2.05, 4.69) is 150 Å². The molecule has 5 rings (SSSR count). The lowest BCUT2D eigenvalue weighted by atomic mass is 9.90. The number of carbonyl (C=O) groups excluding carboxylic acids is 1. The molecule has 0 heterocycles. The Morgan fingerprint density at radius 3 is 0.416 bits per heavy atom. The number of aryl methyl sites for hydroxylation is 4. The van der Waals surface area contributed by atoms with Crippen LogP contribution in [0, 0.1) is 74.7 Å². The van der Waals surface area contributed by atoms with Crippen molar-refractivity contribution in [3.8, 4) is 0 Å². The Bertz CT molecular complexity index is 1340. The van der Waals surface area contributed by atoms with Gasteiger partial charge < -0.3 is 14.4 Å². The molecular formula is C74H147NO2.